The zero-order valence-corrected chi connectivity index (χ0v) is 29.0. The third kappa shape index (κ3) is 7.50. The minimum atomic E-state index is 0.140. The molecule has 0 radical (unpaired) electrons. The molecule has 4 aliphatic carbocycles. The lowest BCUT2D eigenvalue weighted by molar-refractivity contribution is -0.226. The van der Waals surface area contributed by atoms with E-state index in [4.69, 9.17) is 31.4 Å². The molecule has 0 saturated heterocycles. The van der Waals surface area contributed by atoms with Crippen LogP contribution in [0.2, 0.25) is 0 Å². The van der Waals surface area contributed by atoms with Crippen LogP contribution in [0.1, 0.15) is 84.1 Å². The topological polar surface area (TPSA) is 109 Å². The van der Waals surface area contributed by atoms with E-state index in [1.807, 2.05) is 0 Å². The number of fused-ring (bicyclic) bond motifs is 5. The van der Waals surface area contributed by atoms with E-state index in [1.54, 1.807) is 0 Å². The largest absolute Gasteiger partial charge is 0.377 e. The van der Waals surface area contributed by atoms with Gasteiger partial charge in [0.1, 0.15) is 0 Å². The van der Waals surface area contributed by atoms with Gasteiger partial charge in [-0.2, -0.15) is 0 Å². The van der Waals surface area contributed by atoms with Gasteiger partial charge in [0, 0.05) is 31.6 Å². The third-order valence-electron chi connectivity index (χ3n) is 13.3. The fraction of sp³-hybridized carbons (Fsp3) is 0.842. The molecule has 7 heteroatoms. The number of hydrogen-bond acceptors (Lipinski definition) is 7. The van der Waals surface area contributed by atoms with Crippen LogP contribution in [0.5, 0.6) is 0 Å². The lowest BCUT2D eigenvalue weighted by atomic mass is 9.43. The van der Waals surface area contributed by atoms with Gasteiger partial charge in [0.25, 0.3) is 0 Å². The van der Waals surface area contributed by atoms with Gasteiger partial charge < -0.3 is 36.3 Å². The molecule has 45 heavy (non-hydrogen) atoms. The number of hydrogen-bond donors (Lipinski definition) is 3. The molecule has 5 rings (SSSR count). The SMILES string of the molecule is C[C@H](CCCN(C)Cc1ccccc1)[C@H]1CCC2C3C(OCCN)CC4C[C@H](OCCN)CC[C@]4(C)C3C[C@H](OCCN)[C@@]21C. The second-order valence-corrected chi connectivity index (χ2v) is 15.8. The van der Waals surface area contributed by atoms with Gasteiger partial charge in [-0.05, 0) is 118 Å². The highest BCUT2D eigenvalue weighted by Crippen LogP contribution is 2.69. The van der Waals surface area contributed by atoms with Crippen molar-refractivity contribution in [2.75, 3.05) is 53.0 Å². The molecule has 0 bridgehead atoms. The van der Waals surface area contributed by atoms with Crippen LogP contribution in [0.25, 0.3) is 0 Å². The quantitative estimate of drug-likeness (QED) is 0.224. The lowest BCUT2D eigenvalue weighted by Crippen LogP contribution is -2.63. The van der Waals surface area contributed by atoms with Gasteiger partial charge in [0.05, 0.1) is 38.1 Å². The average molecular weight is 627 g/mol. The van der Waals surface area contributed by atoms with E-state index in [-0.39, 0.29) is 23.0 Å². The molecule has 5 unspecified atom stereocenters. The Kier molecular flexibility index (Phi) is 12.4. The Morgan fingerprint density at radius 2 is 1.58 bits per heavy atom. The third-order valence-corrected chi connectivity index (χ3v) is 13.3. The smallest absolute Gasteiger partial charge is 0.0637 e. The summed E-state index contributed by atoms with van der Waals surface area (Å²) < 4.78 is 19.9. The van der Waals surface area contributed by atoms with Crippen LogP contribution in [0.4, 0.5) is 0 Å². The van der Waals surface area contributed by atoms with E-state index in [0.717, 1.165) is 38.8 Å². The first-order valence-electron chi connectivity index (χ1n) is 18.4. The van der Waals surface area contributed by atoms with Crippen LogP contribution >= 0.6 is 0 Å². The second kappa shape index (κ2) is 15.9. The van der Waals surface area contributed by atoms with E-state index < -0.39 is 0 Å². The maximum absolute atomic E-state index is 6.87. The zero-order chi connectivity index (χ0) is 32.0. The van der Waals surface area contributed by atoms with Gasteiger partial charge in [0.2, 0.25) is 0 Å². The monoisotopic (exact) mass is 627 g/mol. The fourth-order valence-electron chi connectivity index (χ4n) is 11.2. The molecule has 6 N–H and O–H groups in total. The molecule has 4 saturated carbocycles. The molecule has 1 aromatic rings. The summed E-state index contributed by atoms with van der Waals surface area (Å²) in [7, 11) is 2.26. The number of ether oxygens (including phenoxy) is 3. The van der Waals surface area contributed by atoms with Gasteiger partial charge in [-0.15, -0.1) is 0 Å². The molecule has 4 fully saturated rings. The van der Waals surface area contributed by atoms with E-state index in [0.29, 0.717) is 81.1 Å². The van der Waals surface area contributed by atoms with Crippen molar-refractivity contribution in [3.05, 3.63) is 35.9 Å². The van der Waals surface area contributed by atoms with E-state index in [1.165, 1.54) is 37.7 Å². The fourth-order valence-corrected chi connectivity index (χ4v) is 11.2. The van der Waals surface area contributed by atoms with Crippen molar-refractivity contribution in [2.45, 2.75) is 103 Å². The number of rotatable bonds is 16. The second-order valence-electron chi connectivity index (χ2n) is 15.8. The minimum absolute atomic E-state index is 0.140. The van der Waals surface area contributed by atoms with Crippen molar-refractivity contribution in [3.63, 3.8) is 0 Å². The first-order valence-corrected chi connectivity index (χ1v) is 18.4. The molecule has 7 nitrogen and oxygen atoms in total. The van der Waals surface area contributed by atoms with E-state index in [2.05, 4.69) is 63.1 Å². The standard InChI is InChI=1S/C38H66N4O3/c1-27(9-8-19-42(4)26-28-10-6-5-7-11-28)31-12-13-32-36-33(25-35(38(31,32)3)45-22-18-41)37(2)15-14-30(43-20-16-39)23-29(37)24-34(36)44-21-17-40/h5-7,10-11,27,29-36H,8-9,12-26,39-41H2,1-4H3/t27-,29?,30-,31-,32?,33?,34?,35+,36?,37+,38-/m1/s1. The van der Waals surface area contributed by atoms with Crippen molar-refractivity contribution in [1.29, 1.82) is 0 Å². The summed E-state index contributed by atoms with van der Waals surface area (Å²) >= 11 is 0. The molecular weight excluding hydrogens is 560 g/mol. The normalized spacial score (nSPS) is 38.5. The van der Waals surface area contributed by atoms with Gasteiger partial charge in [0.15, 0.2) is 0 Å². The predicted molar refractivity (Wildman–Crippen MR) is 184 cm³/mol. The lowest BCUT2D eigenvalue weighted by Gasteiger charge is -2.64. The van der Waals surface area contributed by atoms with Crippen molar-refractivity contribution in [1.82, 2.24) is 4.90 Å². The van der Waals surface area contributed by atoms with Crippen LogP contribution < -0.4 is 17.2 Å². The number of nitrogens with zero attached hydrogens (tertiary/aromatic N) is 1. The van der Waals surface area contributed by atoms with Crippen LogP contribution in [-0.4, -0.2) is 76.3 Å². The number of nitrogens with two attached hydrogens (primary N) is 3. The molecule has 0 aromatic heterocycles. The highest BCUT2D eigenvalue weighted by molar-refractivity contribution is 5.16. The van der Waals surface area contributed by atoms with Crippen molar-refractivity contribution < 1.29 is 14.2 Å². The van der Waals surface area contributed by atoms with Crippen LogP contribution in [-0.2, 0) is 20.8 Å². The molecule has 256 valence electrons. The van der Waals surface area contributed by atoms with Gasteiger partial charge in [-0.3, -0.25) is 0 Å². The highest BCUT2D eigenvalue weighted by Gasteiger charge is 2.66. The number of benzene rings is 1. The Morgan fingerprint density at radius 3 is 2.31 bits per heavy atom. The van der Waals surface area contributed by atoms with Gasteiger partial charge in [-0.25, -0.2) is 0 Å². The molecule has 0 heterocycles. The molecule has 1 aromatic carbocycles. The predicted octanol–water partition coefficient (Wildman–Crippen LogP) is 5.45. The Labute approximate surface area is 274 Å². The molecular formula is C38H66N4O3. The van der Waals surface area contributed by atoms with E-state index >= 15 is 0 Å². The summed E-state index contributed by atoms with van der Waals surface area (Å²) in [5.41, 5.74) is 19.7. The summed E-state index contributed by atoms with van der Waals surface area (Å²) in [4.78, 5) is 2.48. The van der Waals surface area contributed by atoms with Crippen molar-refractivity contribution in [3.8, 4) is 0 Å². The maximum atomic E-state index is 6.87. The summed E-state index contributed by atoms with van der Waals surface area (Å²) in [5, 5.41) is 0. The molecule has 0 amide bonds. The molecule has 11 atom stereocenters. The summed E-state index contributed by atoms with van der Waals surface area (Å²) in [6.45, 7) is 13.6. The summed E-state index contributed by atoms with van der Waals surface area (Å²) in [5.74, 6) is 3.69. The van der Waals surface area contributed by atoms with Crippen molar-refractivity contribution >= 4 is 0 Å². The van der Waals surface area contributed by atoms with Crippen LogP contribution in [0.15, 0.2) is 30.3 Å². The average Bonchev–Trinajstić information content (AvgIpc) is 3.40. The first-order chi connectivity index (χ1) is 21.8. The Balaban J connectivity index is 1.33. The van der Waals surface area contributed by atoms with Crippen LogP contribution in [0, 0.1) is 46.3 Å². The minimum Gasteiger partial charge on any atom is -0.377 e. The summed E-state index contributed by atoms with van der Waals surface area (Å²) in [6.07, 6.45) is 11.7. The molecule has 0 spiro atoms. The van der Waals surface area contributed by atoms with Crippen molar-refractivity contribution in [2.24, 2.45) is 63.5 Å². The van der Waals surface area contributed by atoms with Gasteiger partial charge in [-0.1, -0.05) is 51.1 Å². The maximum Gasteiger partial charge on any atom is 0.0637 e. The summed E-state index contributed by atoms with van der Waals surface area (Å²) in [6, 6.07) is 10.8. The Bertz CT molecular complexity index is 1030. The Morgan fingerprint density at radius 1 is 0.867 bits per heavy atom. The zero-order valence-electron chi connectivity index (χ0n) is 29.0. The first kappa shape index (κ1) is 35.3. The van der Waals surface area contributed by atoms with E-state index in [9.17, 15) is 0 Å². The Hall–Kier alpha value is -1.06. The molecule has 0 aliphatic heterocycles. The van der Waals surface area contributed by atoms with Gasteiger partial charge >= 0.3 is 0 Å². The van der Waals surface area contributed by atoms with Crippen LogP contribution in [0.3, 0.4) is 0 Å². The highest BCUT2D eigenvalue weighted by atomic mass is 16.5. The molecule has 4 aliphatic rings.